The molecule has 0 saturated carbocycles. The molecule has 0 unspecified atom stereocenters. The summed E-state index contributed by atoms with van der Waals surface area (Å²) in [6.45, 7) is 4.50. The Morgan fingerprint density at radius 2 is 1.85 bits per heavy atom. The molecular formula is C17H20FNO. The fraction of sp³-hybridized carbons (Fsp3) is 0.294. The zero-order valence-corrected chi connectivity index (χ0v) is 12.1. The number of benzene rings is 2. The van der Waals surface area contributed by atoms with Crippen LogP contribution in [0.5, 0.6) is 5.75 Å². The van der Waals surface area contributed by atoms with Crippen LogP contribution >= 0.6 is 0 Å². The monoisotopic (exact) mass is 273 g/mol. The van der Waals surface area contributed by atoms with E-state index in [0.717, 1.165) is 11.3 Å². The van der Waals surface area contributed by atoms with Gasteiger partial charge in [0.25, 0.3) is 0 Å². The highest BCUT2D eigenvalue weighted by Gasteiger charge is 2.06. The van der Waals surface area contributed by atoms with Gasteiger partial charge in [0.1, 0.15) is 11.6 Å². The van der Waals surface area contributed by atoms with Gasteiger partial charge in [0.05, 0.1) is 7.11 Å². The van der Waals surface area contributed by atoms with Crippen molar-refractivity contribution in [3.8, 4) is 5.75 Å². The van der Waals surface area contributed by atoms with Crippen LogP contribution in [0.4, 0.5) is 4.39 Å². The van der Waals surface area contributed by atoms with Crippen LogP contribution in [-0.2, 0) is 6.54 Å². The highest BCUT2D eigenvalue weighted by atomic mass is 19.1. The van der Waals surface area contributed by atoms with E-state index in [9.17, 15) is 4.39 Å². The summed E-state index contributed by atoms with van der Waals surface area (Å²) >= 11 is 0. The van der Waals surface area contributed by atoms with Crippen LogP contribution < -0.4 is 10.1 Å². The number of hydrogen-bond donors (Lipinski definition) is 1. The predicted molar refractivity (Wildman–Crippen MR) is 79.4 cm³/mol. The molecule has 0 spiro atoms. The summed E-state index contributed by atoms with van der Waals surface area (Å²) in [6.07, 6.45) is 0. The first-order chi connectivity index (χ1) is 9.60. The summed E-state index contributed by atoms with van der Waals surface area (Å²) < 4.78 is 18.6. The third-order valence-corrected chi connectivity index (χ3v) is 3.46. The molecule has 0 fully saturated rings. The summed E-state index contributed by atoms with van der Waals surface area (Å²) in [5, 5.41) is 3.39. The zero-order valence-electron chi connectivity index (χ0n) is 12.1. The van der Waals surface area contributed by atoms with Crippen LogP contribution in [0.15, 0.2) is 42.5 Å². The van der Waals surface area contributed by atoms with Gasteiger partial charge in [-0.1, -0.05) is 24.3 Å². The summed E-state index contributed by atoms with van der Waals surface area (Å²) in [6, 6.07) is 13.5. The topological polar surface area (TPSA) is 21.3 Å². The number of methoxy groups -OCH3 is 1. The lowest BCUT2D eigenvalue weighted by molar-refractivity contribution is 0.414. The van der Waals surface area contributed by atoms with Crippen LogP contribution in [-0.4, -0.2) is 7.11 Å². The van der Waals surface area contributed by atoms with E-state index in [2.05, 4.69) is 12.2 Å². The number of hydrogen-bond acceptors (Lipinski definition) is 2. The minimum Gasteiger partial charge on any atom is -0.497 e. The summed E-state index contributed by atoms with van der Waals surface area (Å²) in [5.74, 6) is 0.697. The number of nitrogens with one attached hydrogen (secondary N) is 1. The van der Waals surface area contributed by atoms with E-state index in [0.29, 0.717) is 12.1 Å². The van der Waals surface area contributed by atoms with Crippen molar-refractivity contribution < 1.29 is 9.13 Å². The fourth-order valence-electron chi connectivity index (χ4n) is 2.03. The normalized spacial score (nSPS) is 12.2. The second-order valence-electron chi connectivity index (χ2n) is 4.96. The van der Waals surface area contributed by atoms with Gasteiger partial charge in [-0.15, -0.1) is 0 Å². The van der Waals surface area contributed by atoms with Gasteiger partial charge in [-0.3, -0.25) is 0 Å². The van der Waals surface area contributed by atoms with Crippen molar-refractivity contribution in [2.75, 3.05) is 7.11 Å². The van der Waals surface area contributed by atoms with Crippen molar-refractivity contribution in [3.63, 3.8) is 0 Å². The number of rotatable bonds is 5. The van der Waals surface area contributed by atoms with Crippen LogP contribution in [0.2, 0.25) is 0 Å². The van der Waals surface area contributed by atoms with Gasteiger partial charge >= 0.3 is 0 Å². The first kappa shape index (κ1) is 14.5. The molecule has 106 valence electrons. The largest absolute Gasteiger partial charge is 0.497 e. The SMILES string of the molecule is COc1ccc([C@H](C)NCc2ccc(C)c(F)c2)cc1. The van der Waals surface area contributed by atoms with Crippen LogP contribution in [0, 0.1) is 12.7 Å². The van der Waals surface area contributed by atoms with Gasteiger partial charge in [-0.05, 0) is 48.7 Å². The third kappa shape index (κ3) is 3.58. The fourth-order valence-corrected chi connectivity index (χ4v) is 2.03. The average Bonchev–Trinajstić information content (AvgIpc) is 2.48. The lowest BCUT2D eigenvalue weighted by Crippen LogP contribution is -2.18. The molecule has 0 saturated heterocycles. The minimum absolute atomic E-state index is 0.151. The standard InChI is InChI=1S/C17H20FNO/c1-12-4-5-14(10-17(12)18)11-19-13(2)15-6-8-16(20-3)9-7-15/h4-10,13,19H,11H2,1-3H3/t13-/m0/s1. The molecule has 20 heavy (non-hydrogen) atoms. The molecule has 0 aliphatic heterocycles. The Morgan fingerprint density at radius 1 is 1.15 bits per heavy atom. The molecule has 1 atom stereocenters. The predicted octanol–water partition coefficient (Wildman–Crippen LogP) is 3.99. The summed E-state index contributed by atoms with van der Waals surface area (Å²) in [4.78, 5) is 0. The average molecular weight is 273 g/mol. The highest BCUT2D eigenvalue weighted by Crippen LogP contribution is 2.18. The van der Waals surface area contributed by atoms with Crippen LogP contribution in [0.1, 0.15) is 29.7 Å². The number of halogens is 1. The van der Waals surface area contributed by atoms with E-state index in [4.69, 9.17) is 4.74 Å². The third-order valence-electron chi connectivity index (χ3n) is 3.46. The Labute approximate surface area is 119 Å². The molecule has 0 bridgehead atoms. The van der Waals surface area contributed by atoms with Crippen molar-refractivity contribution in [3.05, 3.63) is 65.0 Å². The maximum Gasteiger partial charge on any atom is 0.126 e. The summed E-state index contributed by atoms with van der Waals surface area (Å²) in [7, 11) is 1.66. The molecule has 0 heterocycles. The lowest BCUT2D eigenvalue weighted by Gasteiger charge is -2.15. The molecule has 0 amide bonds. The Hall–Kier alpha value is -1.87. The molecule has 2 aromatic rings. The van der Waals surface area contributed by atoms with Crippen molar-refractivity contribution in [1.82, 2.24) is 5.32 Å². The molecule has 2 rings (SSSR count). The minimum atomic E-state index is -0.151. The molecule has 0 aliphatic carbocycles. The van der Waals surface area contributed by atoms with E-state index in [1.807, 2.05) is 36.4 Å². The lowest BCUT2D eigenvalue weighted by atomic mass is 10.1. The van der Waals surface area contributed by atoms with Gasteiger partial charge in [0.2, 0.25) is 0 Å². The van der Waals surface area contributed by atoms with Gasteiger partial charge in [-0.25, -0.2) is 4.39 Å². The molecule has 1 N–H and O–H groups in total. The molecular weight excluding hydrogens is 253 g/mol. The molecule has 0 radical (unpaired) electrons. The van der Waals surface area contributed by atoms with Crippen molar-refractivity contribution in [2.24, 2.45) is 0 Å². The molecule has 0 aliphatic rings. The van der Waals surface area contributed by atoms with Crippen molar-refractivity contribution >= 4 is 0 Å². The smallest absolute Gasteiger partial charge is 0.126 e. The van der Waals surface area contributed by atoms with E-state index in [1.165, 1.54) is 5.56 Å². The maximum atomic E-state index is 13.5. The summed E-state index contributed by atoms with van der Waals surface area (Å²) in [5.41, 5.74) is 2.81. The molecule has 2 nitrogen and oxygen atoms in total. The quantitative estimate of drug-likeness (QED) is 0.889. The van der Waals surface area contributed by atoms with Crippen molar-refractivity contribution in [1.29, 1.82) is 0 Å². The van der Waals surface area contributed by atoms with Gasteiger partial charge in [-0.2, -0.15) is 0 Å². The van der Waals surface area contributed by atoms with Gasteiger partial charge in [0, 0.05) is 12.6 Å². The first-order valence-corrected chi connectivity index (χ1v) is 6.72. The van der Waals surface area contributed by atoms with Crippen LogP contribution in [0.3, 0.4) is 0 Å². The Kier molecular flexibility index (Phi) is 4.74. The maximum absolute atomic E-state index is 13.5. The second kappa shape index (κ2) is 6.53. The van der Waals surface area contributed by atoms with E-state index >= 15 is 0 Å². The van der Waals surface area contributed by atoms with E-state index in [-0.39, 0.29) is 11.9 Å². The molecule has 3 heteroatoms. The zero-order chi connectivity index (χ0) is 14.5. The van der Waals surface area contributed by atoms with E-state index in [1.54, 1.807) is 20.1 Å². The van der Waals surface area contributed by atoms with Crippen LogP contribution in [0.25, 0.3) is 0 Å². The Bertz CT molecular complexity index is 566. The molecule has 2 aromatic carbocycles. The number of ether oxygens (including phenoxy) is 1. The first-order valence-electron chi connectivity index (χ1n) is 6.72. The molecule has 0 aromatic heterocycles. The highest BCUT2D eigenvalue weighted by molar-refractivity contribution is 5.29. The van der Waals surface area contributed by atoms with Crippen molar-refractivity contribution in [2.45, 2.75) is 26.4 Å². The van der Waals surface area contributed by atoms with Gasteiger partial charge in [0.15, 0.2) is 0 Å². The Balaban J connectivity index is 1.96. The Morgan fingerprint density at radius 3 is 2.45 bits per heavy atom. The number of aryl methyl sites for hydroxylation is 1. The second-order valence-corrected chi connectivity index (χ2v) is 4.96. The van der Waals surface area contributed by atoms with Gasteiger partial charge < -0.3 is 10.1 Å². The van der Waals surface area contributed by atoms with E-state index < -0.39 is 0 Å².